The zero-order valence-corrected chi connectivity index (χ0v) is 14.7. The van der Waals surface area contributed by atoms with Gasteiger partial charge < -0.3 is 10.2 Å². The van der Waals surface area contributed by atoms with Crippen molar-refractivity contribution in [2.24, 2.45) is 5.92 Å². The van der Waals surface area contributed by atoms with Crippen LogP contribution in [-0.4, -0.2) is 23.6 Å². The van der Waals surface area contributed by atoms with Crippen molar-refractivity contribution in [2.75, 3.05) is 11.4 Å². The van der Waals surface area contributed by atoms with Gasteiger partial charge in [0.2, 0.25) is 0 Å². The van der Waals surface area contributed by atoms with Gasteiger partial charge in [-0.1, -0.05) is 47.6 Å². The van der Waals surface area contributed by atoms with Crippen molar-refractivity contribution in [3.8, 4) is 0 Å². The lowest BCUT2D eigenvalue weighted by Crippen LogP contribution is -2.39. The molecule has 0 amide bonds. The van der Waals surface area contributed by atoms with Crippen LogP contribution in [0.1, 0.15) is 59.9 Å². The average molecular weight is 291 g/mol. The first-order chi connectivity index (χ1) is 9.99. The van der Waals surface area contributed by atoms with Gasteiger partial charge in [0.1, 0.15) is 5.82 Å². The Labute approximate surface area is 131 Å². The van der Waals surface area contributed by atoms with E-state index in [1.165, 1.54) is 5.56 Å². The van der Waals surface area contributed by atoms with Gasteiger partial charge in [0, 0.05) is 36.9 Å². The summed E-state index contributed by atoms with van der Waals surface area (Å²) in [5.41, 5.74) is 1.30. The van der Waals surface area contributed by atoms with Crippen molar-refractivity contribution in [1.82, 2.24) is 10.3 Å². The van der Waals surface area contributed by atoms with Crippen LogP contribution in [0.4, 0.5) is 5.82 Å². The number of nitrogens with zero attached hydrogens (tertiary/aromatic N) is 2. The second-order valence-electron chi connectivity index (χ2n) is 6.54. The number of nitrogens with one attached hydrogen (secondary N) is 1. The van der Waals surface area contributed by atoms with E-state index in [-0.39, 0.29) is 0 Å². The van der Waals surface area contributed by atoms with Crippen LogP contribution in [0, 0.1) is 5.92 Å². The van der Waals surface area contributed by atoms with Gasteiger partial charge in [-0.2, -0.15) is 0 Å². The molecule has 3 heteroatoms. The minimum Gasteiger partial charge on any atom is -0.353 e. The van der Waals surface area contributed by atoms with E-state index in [1.54, 1.807) is 0 Å². The quantitative estimate of drug-likeness (QED) is 0.738. The third-order valence-corrected chi connectivity index (χ3v) is 3.79. The second-order valence-corrected chi connectivity index (χ2v) is 6.54. The Kier molecular flexibility index (Phi) is 7.73. The zero-order valence-electron chi connectivity index (χ0n) is 14.7. The number of hydrogen-bond acceptors (Lipinski definition) is 3. The molecule has 0 saturated heterocycles. The van der Waals surface area contributed by atoms with Gasteiger partial charge in [-0.05, 0) is 24.8 Å². The molecular formula is C18H33N3. The monoisotopic (exact) mass is 291 g/mol. The van der Waals surface area contributed by atoms with Crippen LogP contribution in [-0.2, 0) is 6.54 Å². The number of rotatable bonds is 9. The first-order valence-corrected chi connectivity index (χ1v) is 8.43. The maximum Gasteiger partial charge on any atom is 0.133 e. The number of pyridine rings is 1. The molecule has 1 aromatic rings. The maximum atomic E-state index is 4.71. The molecule has 3 nitrogen and oxygen atoms in total. The van der Waals surface area contributed by atoms with Crippen molar-refractivity contribution in [3.63, 3.8) is 0 Å². The topological polar surface area (TPSA) is 28.2 Å². The molecule has 0 unspecified atom stereocenters. The summed E-state index contributed by atoms with van der Waals surface area (Å²) in [6.07, 6.45) is 4.25. The van der Waals surface area contributed by atoms with Gasteiger partial charge in [-0.15, -0.1) is 0 Å². The minimum absolute atomic E-state index is 0.491. The largest absolute Gasteiger partial charge is 0.353 e. The van der Waals surface area contributed by atoms with E-state index in [2.05, 4.69) is 57.8 Å². The molecule has 0 radical (unpaired) electrons. The van der Waals surface area contributed by atoms with E-state index in [0.29, 0.717) is 18.0 Å². The van der Waals surface area contributed by atoms with Gasteiger partial charge in [-0.25, -0.2) is 4.98 Å². The molecule has 0 spiro atoms. The fourth-order valence-corrected chi connectivity index (χ4v) is 2.67. The highest BCUT2D eigenvalue weighted by atomic mass is 15.2. The maximum absolute atomic E-state index is 4.71. The van der Waals surface area contributed by atoms with Crippen molar-refractivity contribution < 1.29 is 0 Å². The van der Waals surface area contributed by atoms with Crippen LogP contribution in [0.5, 0.6) is 0 Å². The summed E-state index contributed by atoms with van der Waals surface area (Å²) in [6, 6.07) is 5.30. The van der Waals surface area contributed by atoms with Crippen molar-refractivity contribution >= 4 is 5.82 Å². The highest BCUT2D eigenvalue weighted by Crippen LogP contribution is 2.23. The van der Waals surface area contributed by atoms with E-state index in [9.17, 15) is 0 Å². The van der Waals surface area contributed by atoms with Crippen LogP contribution in [0.25, 0.3) is 0 Å². The van der Waals surface area contributed by atoms with Crippen LogP contribution in [0.3, 0.4) is 0 Å². The Morgan fingerprint density at radius 1 is 1.14 bits per heavy atom. The van der Waals surface area contributed by atoms with E-state index < -0.39 is 0 Å². The third kappa shape index (κ3) is 5.66. The van der Waals surface area contributed by atoms with E-state index in [4.69, 9.17) is 4.98 Å². The molecule has 0 bridgehead atoms. The zero-order chi connectivity index (χ0) is 15.8. The molecule has 0 aliphatic rings. The van der Waals surface area contributed by atoms with Gasteiger partial charge in [0.25, 0.3) is 0 Å². The molecule has 120 valence electrons. The number of aromatic nitrogens is 1. The third-order valence-electron chi connectivity index (χ3n) is 3.79. The summed E-state index contributed by atoms with van der Waals surface area (Å²) in [6.45, 7) is 15.4. The molecular weight excluding hydrogens is 258 g/mol. The molecule has 1 aromatic heterocycles. The molecule has 1 rings (SSSR count). The predicted octanol–water partition coefficient (Wildman–Crippen LogP) is 4.23. The fraction of sp³-hybridized carbons (Fsp3) is 0.722. The van der Waals surface area contributed by atoms with Gasteiger partial charge in [-0.3, -0.25) is 0 Å². The van der Waals surface area contributed by atoms with Crippen LogP contribution in [0.15, 0.2) is 18.3 Å². The van der Waals surface area contributed by atoms with Crippen LogP contribution >= 0.6 is 0 Å². The van der Waals surface area contributed by atoms with Crippen molar-refractivity contribution in [2.45, 2.75) is 73.0 Å². The molecule has 0 aliphatic heterocycles. The Balaban J connectivity index is 3.05. The molecule has 0 atom stereocenters. The predicted molar refractivity (Wildman–Crippen MR) is 92.8 cm³/mol. The van der Waals surface area contributed by atoms with Crippen molar-refractivity contribution in [1.29, 1.82) is 0 Å². The summed E-state index contributed by atoms with van der Waals surface area (Å²) in [5.74, 6) is 1.80. The van der Waals surface area contributed by atoms with E-state index in [1.807, 2.05) is 12.3 Å². The Hall–Kier alpha value is -1.09. The lowest BCUT2D eigenvalue weighted by molar-refractivity contribution is 0.499. The Morgan fingerprint density at radius 3 is 2.33 bits per heavy atom. The van der Waals surface area contributed by atoms with Gasteiger partial charge in [0.15, 0.2) is 0 Å². The fourth-order valence-electron chi connectivity index (χ4n) is 2.67. The normalized spacial score (nSPS) is 11.7. The first kappa shape index (κ1) is 18.0. The summed E-state index contributed by atoms with van der Waals surface area (Å²) in [5, 5.41) is 3.52. The highest BCUT2D eigenvalue weighted by Gasteiger charge is 2.20. The summed E-state index contributed by atoms with van der Waals surface area (Å²) in [4.78, 5) is 7.23. The average Bonchev–Trinajstić information content (AvgIpc) is 2.45. The summed E-state index contributed by atoms with van der Waals surface area (Å²) < 4.78 is 0. The number of anilines is 1. The summed E-state index contributed by atoms with van der Waals surface area (Å²) >= 11 is 0. The smallest absolute Gasteiger partial charge is 0.133 e. The first-order valence-electron chi connectivity index (χ1n) is 8.43. The van der Waals surface area contributed by atoms with Gasteiger partial charge >= 0.3 is 0 Å². The van der Waals surface area contributed by atoms with E-state index in [0.717, 1.165) is 31.7 Å². The van der Waals surface area contributed by atoms with Crippen LogP contribution in [0.2, 0.25) is 0 Å². The van der Waals surface area contributed by atoms with E-state index >= 15 is 0 Å². The van der Waals surface area contributed by atoms with Crippen LogP contribution < -0.4 is 10.2 Å². The Bertz CT molecular complexity index is 397. The molecule has 1 heterocycles. The van der Waals surface area contributed by atoms with Crippen molar-refractivity contribution in [3.05, 3.63) is 23.9 Å². The minimum atomic E-state index is 0.491. The molecule has 0 aliphatic carbocycles. The highest BCUT2D eigenvalue weighted by molar-refractivity contribution is 5.47. The Morgan fingerprint density at radius 2 is 1.81 bits per heavy atom. The molecule has 1 N–H and O–H groups in total. The SMILES string of the molecule is CCC(CC)N(CC(C)C)c1ncccc1CNC(C)C. The molecule has 0 aromatic carbocycles. The number of hydrogen-bond donors (Lipinski definition) is 1. The lowest BCUT2D eigenvalue weighted by Gasteiger charge is -2.34. The lowest BCUT2D eigenvalue weighted by atomic mass is 10.1. The van der Waals surface area contributed by atoms with Gasteiger partial charge in [0.05, 0.1) is 0 Å². The molecule has 21 heavy (non-hydrogen) atoms. The summed E-state index contributed by atoms with van der Waals surface area (Å²) in [7, 11) is 0. The standard InChI is InChI=1S/C18H33N3/c1-7-17(8-2)21(13-14(3)4)18-16(10-9-11-19-18)12-20-15(5)6/h9-11,14-15,17,20H,7-8,12-13H2,1-6H3. The molecule has 0 saturated carbocycles. The second kappa shape index (κ2) is 9.04. The molecule has 0 fully saturated rings.